The standard InChI is InChI=1S/C28H30FN3O3/c1-28(2,3)27-31-15-22(35-27)21(33)11-9-17-8-10-20(25(29)24(17)16-4-5-16)19-12-13-30-23(14-19)32-26(34)18-6-7-18/h8,10,12-16,18H,4-7,9,11H2,1-3H3,(H,30,32,34). The van der Waals surface area contributed by atoms with Crippen molar-refractivity contribution in [2.24, 2.45) is 5.92 Å². The van der Waals surface area contributed by atoms with Crippen LogP contribution in [0.2, 0.25) is 0 Å². The number of hydrogen-bond donors (Lipinski definition) is 1. The molecule has 0 saturated heterocycles. The molecule has 0 atom stereocenters. The Balaban J connectivity index is 1.35. The molecule has 6 nitrogen and oxygen atoms in total. The lowest BCUT2D eigenvalue weighted by molar-refractivity contribution is -0.117. The van der Waals surface area contributed by atoms with Gasteiger partial charge in [0.2, 0.25) is 5.91 Å². The van der Waals surface area contributed by atoms with Crippen LogP contribution >= 0.6 is 0 Å². The number of aryl methyl sites for hydroxylation is 1. The summed E-state index contributed by atoms with van der Waals surface area (Å²) < 4.78 is 21.5. The van der Waals surface area contributed by atoms with E-state index in [1.807, 2.05) is 26.8 Å². The second kappa shape index (κ2) is 9.02. The van der Waals surface area contributed by atoms with E-state index in [0.717, 1.165) is 31.2 Å². The highest BCUT2D eigenvalue weighted by molar-refractivity contribution is 5.94. The highest BCUT2D eigenvalue weighted by atomic mass is 19.1. The van der Waals surface area contributed by atoms with Gasteiger partial charge in [0.25, 0.3) is 0 Å². The zero-order valence-electron chi connectivity index (χ0n) is 20.4. The van der Waals surface area contributed by atoms with Crippen molar-refractivity contribution in [2.45, 2.75) is 70.6 Å². The average Bonchev–Trinajstić information content (AvgIpc) is 3.75. The second-order valence-corrected chi connectivity index (χ2v) is 10.7. The van der Waals surface area contributed by atoms with Crippen molar-refractivity contribution >= 4 is 17.5 Å². The van der Waals surface area contributed by atoms with E-state index in [2.05, 4.69) is 15.3 Å². The highest BCUT2D eigenvalue weighted by Crippen LogP contribution is 2.45. The monoisotopic (exact) mass is 475 g/mol. The first kappa shape index (κ1) is 23.4. The molecular weight excluding hydrogens is 445 g/mol. The molecule has 3 aromatic rings. The predicted octanol–water partition coefficient (Wildman–Crippen LogP) is 6.21. The van der Waals surface area contributed by atoms with Crippen LogP contribution in [0.25, 0.3) is 11.1 Å². The molecule has 1 amide bonds. The molecule has 0 aliphatic heterocycles. The van der Waals surface area contributed by atoms with Crippen LogP contribution in [0.15, 0.2) is 41.1 Å². The number of hydrogen-bond acceptors (Lipinski definition) is 5. The molecule has 0 radical (unpaired) electrons. The number of oxazole rings is 1. The fourth-order valence-corrected chi connectivity index (χ4v) is 4.25. The third-order valence-corrected chi connectivity index (χ3v) is 6.57. The van der Waals surface area contributed by atoms with Crippen LogP contribution in [0.4, 0.5) is 10.2 Å². The molecule has 5 rings (SSSR count). The minimum Gasteiger partial charge on any atom is -0.437 e. The summed E-state index contributed by atoms with van der Waals surface area (Å²) in [5.74, 6) is 1.03. The molecule has 35 heavy (non-hydrogen) atoms. The quantitative estimate of drug-likeness (QED) is 0.391. The zero-order valence-corrected chi connectivity index (χ0v) is 20.4. The number of carbonyl (C=O) groups excluding carboxylic acids is 2. The molecule has 2 aliphatic rings. The van der Waals surface area contributed by atoms with Crippen LogP contribution in [0.1, 0.15) is 86.4 Å². The van der Waals surface area contributed by atoms with E-state index >= 15 is 4.39 Å². The summed E-state index contributed by atoms with van der Waals surface area (Å²) in [5.41, 5.74) is 2.43. The number of pyridine rings is 1. The summed E-state index contributed by atoms with van der Waals surface area (Å²) >= 11 is 0. The van der Waals surface area contributed by atoms with Gasteiger partial charge in [-0.25, -0.2) is 14.4 Å². The van der Waals surface area contributed by atoms with Crippen LogP contribution in [-0.4, -0.2) is 21.7 Å². The number of benzene rings is 1. The van der Waals surface area contributed by atoms with Gasteiger partial charge in [0.05, 0.1) is 6.20 Å². The van der Waals surface area contributed by atoms with E-state index in [1.54, 1.807) is 24.4 Å². The Hall–Kier alpha value is -3.35. The summed E-state index contributed by atoms with van der Waals surface area (Å²) in [6.07, 6.45) is 7.43. The van der Waals surface area contributed by atoms with Crippen molar-refractivity contribution < 1.29 is 18.4 Å². The van der Waals surface area contributed by atoms with Gasteiger partial charge in [-0.3, -0.25) is 9.59 Å². The minimum atomic E-state index is -0.274. The van der Waals surface area contributed by atoms with Crippen LogP contribution in [0, 0.1) is 11.7 Å². The number of carbonyl (C=O) groups is 2. The Morgan fingerprint density at radius 3 is 2.54 bits per heavy atom. The van der Waals surface area contributed by atoms with Crippen LogP contribution in [-0.2, 0) is 16.6 Å². The fourth-order valence-electron chi connectivity index (χ4n) is 4.25. The van der Waals surface area contributed by atoms with Crippen molar-refractivity contribution in [1.82, 2.24) is 9.97 Å². The Morgan fingerprint density at radius 2 is 1.89 bits per heavy atom. The van der Waals surface area contributed by atoms with Gasteiger partial charge in [-0.1, -0.05) is 32.9 Å². The van der Waals surface area contributed by atoms with Crippen LogP contribution < -0.4 is 5.32 Å². The van der Waals surface area contributed by atoms with Crippen molar-refractivity contribution in [1.29, 1.82) is 0 Å². The van der Waals surface area contributed by atoms with E-state index in [4.69, 9.17) is 4.42 Å². The molecule has 2 saturated carbocycles. The third-order valence-electron chi connectivity index (χ3n) is 6.57. The number of ketones is 1. The van der Waals surface area contributed by atoms with E-state index in [0.29, 0.717) is 34.8 Å². The second-order valence-electron chi connectivity index (χ2n) is 10.7. The molecule has 182 valence electrons. The summed E-state index contributed by atoms with van der Waals surface area (Å²) in [4.78, 5) is 33.3. The first-order chi connectivity index (χ1) is 16.7. The first-order valence-corrected chi connectivity index (χ1v) is 12.3. The normalized spacial score (nSPS) is 15.8. The van der Waals surface area contributed by atoms with Crippen molar-refractivity contribution in [3.63, 3.8) is 0 Å². The molecule has 0 unspecified atom stereocenters. The van der Waals surface area contributed by atoms with Crippen molar-refractivity contribution in [3.05, 3.63) is 65.3 Å². The van der Waals surface area contributed by atoms with Gasteiger partial charge in [0.15, 0.2) is 17.4 Å². The van der Waals surface area contributed by atoms with E-state index in [-0.39, 0.29) is 46.9 Å². The van der Waals surface area contributed by atoms with Gasteiger partial charge in [0, 0.05) is 29.5 Å². The smallest absolute Gasteiger partial charge is 0.228 e. The van der Waals surface area contributed by atoms with Crippen LogP contribution in [0.5, 0.6) is 0 Å². The number of nitrogens with zero attached hydrogens (tertiary/aromatic N) is 2. The maximum atomic E-state index is 15.8. The number of halogens is 1. The van der Waals surface area contributed by atoms with Gasteiger partial charge in [-0.15, -0.1) is 0 Å². The molecule has 1 aromatic carbocycles. The SMILES string of the molecule is CC(C)(C)c1ncc(C(=O)CCc2ccc(-c3ccnc(NC(=O)C4CC4)c3)c(F)c2C2CC2)o1. The Labute approximate surface area is 204 Å². The minimum absolute atomic E-state index is 0.0322. The lowest BCUT2D eigenvalue weighted by Gasteiger charge is -2.14. The van der Waals surface area contributed by atoms with E-state index in [1.165, 1.54) is 6.20 Å². The van der Waals surface area contributed by atoms with E-state index < -0.39 is 0 Å². The molecule has 2 heterocycles. The van der Waals surface area contributed by atoms with Gasteiger partial charge >= 0.3 is 0 Å². The number of Topliss-reactive ketones (excluding diaryl/α,β-unsaturated/α-hetero) is 1. The van der Waals surface area contributed by atoms with Crippen LogP contribution in [0.3, 0.4) is 0 Å². The molecule has 0 bridgehead atoms. The topological polar surface area (TPSA) is 85.1 Å². The van der Waals surface area contributed by atoms with Gasteiger partial charge in [-0.05, 0) is 66.8 Å². The number of aromatic nitrogens is 2. The molecular formula is C28H30FN3O3. The lowest BCUT2D eigenvalue weighted by atomic mass is 9.93. The Kier molecular flexibility index (Phi) is 6.03. The maximum absolute atomic E-state index is 15.8. The number of nitrogens with one attached hydrogen (secondary N) is 1. The zero-order chi connectivity index (χ0) is 24.7. The number of anilines is 1. The maximum Gasteiger partial charge on any atom is 0.228 e. The highest BCUT2D eigenvalue weighted by Gasteiger charge is 2.32. The van der Waals surface area contributed by atoms with Crippen molar-refractivity contribution in [3.8, 4) is 11.1 Å². The molecule has 2 aliphatic carbocycles. The third kappa shape index (κ3) is 5.19. The van der Waals surface area contributed by atoms with Crippen molar-refractivity contribution in [2.75, 3.05) is 5.32 Å². The largest absolute Gasteiger partial charge is 0.437 e. The fraction of sp³-hybridized carbons (Fsp3) is 0.429. The predicted molar refractivity (Wildman–Crippen MR) is 131 cm³/mol. The lowest BCUT2D eigenvalue weighted by Crippen LogP contribution is -2.14. The Bertz CT molecular complexity index is 1280. The average molecular weight is 476 g/mol. The number of rotatable bonds is 8. The first-order valence-electron chi connectivity index (χ1n) is 12.3. The molecule has 0 spiro atoms. The summed E-state index contributed by atoms with van der Waals surface area (Å²) in [6.45, 7) is 5.93. The molecule has 7 heteroatoms. The summed E-state index contributed by atoms with van der Waals surface area (Å²) in [6, 6.07) is 7.15. The van der Waals surface area contributed by atoms with Gasteiger partial charge < -0.3 is 9.73 Å². The molecule has 2 aromatic heterocycles. The molecule has 2 fully saturated rings. The summed E-state index contributed by atoms with van der Waals surface area (Å²) in [7, 11) is 0. The number of amides is 1. The molecule has 1 N–H and O–H groups in total. The van der Waals surface area contributed by atoms with Gasteiger partial charge in [-0.2, -0.15) is 0 Å². The van der Waals surface area contributed by atoms with Gasteiger partial charge in [0.1, 0.15) is 11.6 Å². The summed E-state index contributed by atoms with van der Waals surface area (Å²) in [5, 5.41) is 2.83. The van der Waals surface area contributed by atoms with E-state index in [9.17, 15) is 9.59 Å². The Morgan fingerprint density at radius 1 is 1.11 bits per heavy atom.